The van der Waals surface area contributed by atoms with Gasteiger partial charge in [0.25, 0.3) is 5.56 Å². The zero-order valence-corrected chi connectivity index (χ0v) is 18.3. The second kappa shape index (κ2) is 7.89. The molecule has 3 heterocycles. The van der Waals surface area contributed by atoms with E-state index < -0.39 is 17.4 Å². The zero-order valence-electron chi connectivity index (χ0n) is 16.7. The predicted octanol–water partition coefficient (Wildman–Crippen LogP) is 4.64. The van der Waals surface area contributed by atoms with Crippen molar-refractivity contribution in [3.05, 3.63) is 103 Å². The van der Waals surface area contributed by atoms with Crippen LogP contribution >= 0.6 is 22.9 Å². The molecule has 5 aromatic rings. The highest BCUT2D eigenvalue weighted by Gasteiger charge is 2.30. The molecule has 0 amide bonds. The Kier molecular flexibility index (Phi) is 5.13. The van der Waals surface area contributed by atoms with Gasteiger partial charge < -0.3 is 0 Å². The van der Waals surface area contributed by atoms with Gasteiger partial charge in [0.1, 0.15) is 4.70 Å². The smallest absolute Gasteiger partial charge is 0.271 e. The summed E-state index contributed by atoms with van der Waals surface area (Å²) >= 11 is 7.15. The van der Waals surface area contributed by atoms with Crippen LogP contribution in [0.2, 0.25) is 5.02 Å². The van der Waals surface area contributed by atoms with E-state index in [-0.39, 0.29) is 30.0 Å². The number of hydrogen-bond donors (Lipinski definition) is 0. The van der Waals surface area contributed by atoms with E-state index in [2.05, 4.69) is 5.10 Å². The van der Waals surface area contributed by atoms with Crippen molar-refractivity contribution in [2.45, 2.75) is 19.3 Å². The lowest BCUT2D eigenvalue weighted by Crippen LogP contribution is -2.26. The van der Waals surface area contributed by atoms with Crippen LogP contribution in [0.25, 0.3) is 16.0 Å². The quantitative estimate of drug-likeness (QED) is 0.369. The average Bonchev–Trinajstić information content (AvgIpc) is 3.37. The lowest BCUT2D eigenvalue weighted by Gasteiger charge is -2.08. The third kappa shape index (κ3) is 3.85. The summed E-state index contributed by atoms with van der Waals surface area (Å²) in [5, 5.41) is 6.58. The van der Waals surface area contributed by atoms with E-state index in [1.165, 1.54) is 32.4 Å². The summed E-state index contributed by atoms with van der Waals surface area (Å²) in [6.45, 7) is -0.0292. The monoisotopic (exact) mass is 490 g/mol. The Morgan fingerprint density at radius 3 is 2.45 bits per heavy atom. The molecule has 2 aromatic carbocycles. The van der Waals surface area contributed by atoms with Gasteiger partial charge in [-0.25, -0.2) is 13.9 Å². The molecular formula is C22H14ClF3N4O2S. The summed E-state index contributed by atoms with van der Waals surface area (Å²) in [7, 11) is 0. The number of hydrogen-bond acceptors (Lipinski definition) is 4. The standard InChI is InChI=1S/C22H14ClF3N4O2S/c23-16-6-4-13(5-7-16)11-28-19(31)18-17(8-9-33-18)30-20(28)27-29(21(30)32)12-14-2-1-3-15(10-14)22(24,25)26/h1-10H,11-12H2. The Morgan fingerprint density at radius 2 is 1.73 bits per heavy atom. The highest BCUT2D eigenvalue weighted by Crippen LogP contribution is 2.29. The van der Waals surface area contributed by atoms with E-state index in [9.17, 15) is 22.8 Å². The van der Waals surface area contributed by atoms with E-state index >= 15 is 0 Å². The number of aromatic nitrogens is 4. The summed E-state index contributed by atoms with van der Waals surface area (Å²) in [4.78, 5) is 26.4. The average molecular weight is 491 g/mol. The Bertz CT molecular complexity index is 1610. The minimum Gasteiger partial charge on any atom is -0.271 e. The van der Waals surface area contributed by atoms with Crippen molar-refractivity contribution in [1.82, 2.24) is 18.7 Å². The second-order valence-electron chi connectivity index (χ2n) is 7.43. The third-order valence-electron chi connectivity index (χ3n) is 5.23. The van der Waals surface area contributed by atoms with E-state index in [0.717, 1.165) is 22.4 Å². The van der Waals surface area contributed by atoms with E-state index in [1.807, 2.05) is 0 Å². The van der Waals surface area contributed by atoms with Crippen LogP contribution in [0, 0.1) is 0 Å². The number of benzene rings is 2. The molecule has 5 rings (SSSR count). The van der Waals surface area contributed by atoms with Gasteiger partial charge in [0.05, 0.1) is 24.2 Å². The minimum atomic E-state index is -4.50. The van der Waals surface area contributed by atoms with E-state index in [0.29, 0.717) is 15.2 Å². The summed E-state index contributed by atoms with van der Waals surface area (Å²) < 4.78 is 43.4. The summed E-state index contributed by atoms with van der Waals surface area (Å²) in [6.07, 6.45) is -4.50. The first-order chi connectivity index (χ1) is 15.7. The molecule has 33 heavy (non-hydrogen) atoms. The first-order valence-corrected chi connectivity index (χ1v) is 11.0. The van der Waals surface area contributed by atoms with Gasteiger partial charge in [0.15, 0.2) is 0 Å². The molecule has 0 unspecified atom stereocenters. The number of thiophene rings is 1. The van der Waals surface area contributed by atoms with Crippen molar-refractivity contribution in [3.63, 3.8) is 0 Å². The Hall–Kier alpha value is -3.37. The molecule has 0 fully saturated rings. The molecule has 0 aliphatic heterocycles. The fourth-order valence-corrected chi connectivity index (χ4v) is 4.62. The Labute approximate surface area is 192 Å². The minimum absolute atomic E-state index is 0.109. The molecule has 0 spiro atoms. The predicted molar refractivity (Wildman–Crippen MR) is 120 cm³/mol. The van der Waals surface area contributed by atoms with Crippen molar-refractivity contribution in [2.75, 3.05) is 0 Å². The topological polar surface area (TPSA) is 61.3 Å². The maximum atomic E-state index is 13.2. The first-order valence-electron chi connectivity index (χ1n) is 9.72. The Morgan fingerprint density at radius 1 is 0.970 bits per heavy atom. The molecule has 0 aliphatic carbocycles. The lowest BCUT2D eigenvalue weighted by molar-refractivity contribution is -0.137. The van der Waals surface area contributed by atoms with Crippen molar-refractivity contribution < 1.29 is 13.2 Å². The molecular weight excluding hydrogens is 477 g/mol. The van der Waals surface area contributed by atoms with Crippen LogP contribution in [-0.2, 0) is 19.3 Å². The molecule has 0 bridgehead atoms. The van der Waals surface area contributed by atoms with Crippen LogP contribution in [0.5, 0.6) is 0 Å². The van der Waals surface area contributed by atoms with Gasteiger partial charge in [-0.15, -0.1) is 16.4 Å². The lowest BCUT2D eigenvalue weighted by atomic mass is 10.1. The number of alkyl halides is 3. The summed E-state index contributed by atoms with van der Waals surface area (Å²) in [5.74, 6) is 0.109. The fraction of sp³-hybridized carbons (Fsp3) is 0.136. The maximum Gasteiger partial charge on any atom is 0.416 e. The highest BCUT2D eigenvalue weighted by atomic mass is 35.5. The number of halogens is 4. The van der Waals surface area contributed by atoms with Crippen LogP contribution < -0.4 is 11.2 Å². The van der Waals surface area contributed by atoms with Gasteiger partial charge in [-0.05, 0) is 46.8 Å². The molecule has 0 saturated heterocycles. The van der Waals surface area contributed by atoms with Crippen LogP contribution in [0.4, 0.5) is 13.2 Å². The van der Waals surface area contributed by atoms with Crippen molar-refractivity contribution >= 4 is 38.9 Å². The van der Waals surface area contributed by atoms with Crippen LogP contribution in [0.1, 0.15) is 16.7 Å². The molecule has 0 saturated carbocycles. The molecule has 11 heteroatoms. The largest absolute Gasteiger partial charge is 0.416 e. The zero-order chi connectivity index (χ0) is 23.3. The van der Waals surface area contributed by atoms with Gasteiger partial charge in [-0.2, -0.15) is 13.2 Å². The molecule has 6 nitrogen and oxygen atoms in total. The number of fused-ring (bicyclic) bond motifs is 3. The van der Waals surface area contributed by atoms with E-state index in [4.69, 9.17) is 11.6 Å². The molecule has 0 aliphatic rings. The van der Waals surface area contributed by atoms with Gasteiger partial charge in [-0.3, -0.25) is 9.36 Å². The van der Waals surface area contributed by atoms with Crippen LogP contribution in [0.3, 0.4) is 0 Å². The Balaban J connectivity index is 1.67. The molecule has 0 radical (unpaired) electrons. The number of rotatable bonds is 4. The molecule has 168 valence electrons. The van der Waals surface area contributed by atoms with Gasteiger partial charge in [-0.1, -0.05) is 35.9 Å². The van der Waals surface area contributed by atoms with Crippen molar-refractivity contribution in [3.8, 4) is 0 Å². The molecule has 3 aromatic heterocycles. The van der Waals surface area contributed by atoms with E-state index in [1.54, 1.807) is 35.7 Å². The van der Waals surface area contributed by atoms with Crippen molar-refractivity contribution in [2.24, 2.45) is 0 Å². The second-order valence-corrected chi connectivity index (χ2v) is 8.78. The summed E-state index contributed by atoms with van der Waals surface area (Å²) in [6, 6.07) is 13.3. The SMILES string of the molecule is O=c1c2sccc2n2c(=O)n(Cc3cccc(C(F)(F)F)c3)nc2n1Cc1ccc(Cl)cc1. The first kappa shape index (κ1) is 21.5. The summed E-state index contributed by atoms with van der Waals surface area (Å²) in [5.41, 5.74) is -0.207. The number of nitrogens with zero attached hydrogens (tertiary/aromatic N) is 4. The van der Waals surface area contributed by atoms with Gasteiger partial charge in [0, 0.05) is 5.02 Å². The molecule has 0 atom stereocenters. The van der Waals surface area contributed by atoms with Gasteiger partial charge in [0.2, 0.25) is 5.78 Å². The third-order valence-corrected chi connectivity index (χ3v) is 6.37. The highest BCUT2D eigenvalue weighted by molar-refractivity contribution is 7.17. The fourth-order valence-electron chi connectivity index (χ4n) is 3.67. The normalized spacial score (nSPS) is 12.1. The van der Waals surface area contributed by atoms with Crippen LogP contribution in [-0.4, -0.2) is 18.7 Å². The van der Waals surface area contributed by atoms with Gasteiger partial charge >= 0.3 is 11.9 Å². The van der Waals surface area contributed by atoms with Crippen molar-refractivity contribution in [1.29, 1.82) is 0 Å². The van der Waals surface area contributed by atoms with Crippen LogP contribution in [0.15, 0.2) is 69.6 Å². The maximum absolute atomic E-state index is 13.2. The molecule has 0 N–H and O–H groups in total.